The second-order valence-electron chi connectivity index (χ2n) is 6.71. The van der Waals surface area contributed by atoms with Crippen molar-refractivity contribution in [1.82, 2.24) is 0 Å². The van der Waals surface area contributed by atoms with Gasteiger partial charge in [-0.2, -0.15) is 0 Å². The maximum Gasteiger partial charge on any atom is 0.305 e. The molecule has 0 aromatic heterocycles. The molecule has 0 amide bonds. The van der Waals surface area contributed by atoms with E-state index in [0.29, 0.717) is 18.9 Å². The highest BCUT2D eigenvalue weighted by Crippen LogP contribution is 2.32. The number of rotatable bonds is 15. The van der Waals surface area contributed by atoms with E-state index in [2.05, 4.69) is 20.8 Å². The van der Waals surface area contributed by atoms with E-state index < -0.39 is 0 Å². The summed E-state index contributed by atoms with van der Waals surface area (Å²) in [7, 11) is 0. The van der Waals surface area contributed by atoms with Gasteiger partial charge in [-0.1, -0.05) is 85.5 Å². The molecule has 0 aliphatic heterocycles. The summed E-state index contributed by atoms with van der Waals surface area (Å²) in [5.74, 6) is 1.53. The van der Waals surface area contributed by atoms with Crippen LogP contribution in [-0.4, -0.2) is 12.6 Å². The summed E-state index contributed by atoms with van der Waals surface area (Å²) in [5.41, 5.74) is 0. The fourth-order valence-electron chi connectivity index (χ4n) is 3.22. The van der Waals surface area contributed by atoms with Crippen LogP contribution in [-0.2, 0) is 9.53 Å². The van der Waals surface area contributed by atoms with Gasteiger partial charge in [0.1, 0.15) is 0 Å². The van der Waals surface area contributed by atoms with Gasteiger partial charge < -0.3 is 4.74 Å². The summed E-state index contributed by atoms with van der Waals surface area (Å²) in [6.07, 6.45) is 14.3. The smallest absolute Gasteiger partial charge is 0.305 e. The van der Waals surface area contributed by atoms with Crippen LogP contribution in [0.2, 0.25) is 0 Å². The van der Waals surface area contributed by atoms with Crippen LogP contribution in [0.1, 0.15) is 105 Å². The quantitative estimate of drug-likeness (QED) is 0.322. The molecular formula is C20H40O2. The fraction of sp³-hybridized carbons (Fsp3) is 0.950. The number of ether oxygens (including phenoxy) is 1. The summed E-state index contributed by atoms with van der Waals surface area (Å²) in [4.78, 5) is 11.8. The number of carbonyl (C=O) groups is 1. The van der Waals surface area contributed by atoms with Gasteiger partial charge >= 0.3 is 5.97 Å². The monoisotopic (exact) mass is 312 g/mol. The van der Waals surface area contributed by atoms with Crippen molar-refractivity contribution in [3.05, 3.63) is 0 Å². The lowest BCUT2D eigenvalue weighted by molar-refractivity contribution is -0.144. The standard InChI is InChI=1S/C20H40O2/c1-5-9-12-18(13-10-6-2)19(14-11-7-3)15-16-20(21)22-17-8-4/h18-19H,5-17H2,1-4H3. The first-order chi connectivity index (χ1) is 10.7. The van der Waals surface area contributed by atoms with E-state index in [1.54, 1.807) is 0 Å². The summed E-state index contributed by atoms with van der Waals surface area (Å²) >= 11 is 0. The van der Waals surface area contributed by atoms with Crippen LogP contribution in [0.25, 0.3) is 0 Å². The van der Waals surface area contributed by atoms with Crippen LogP contribution in [0.4, 0.5) is 0 Å². The second-order valence-corrected chi connectivity index (χ2v) is 6.71. The molecule has 0 saturated carbocycles. The molecule has 1 unspecified atom stereocenters. The Hall–Kier alpha value is -0.530. The molecule has 0 bridgehead atoms. The predicted octanol–water partition coefficient (Wildman–Crippen LogP) is 6.52. The number of carbonyl (C=O) groups excluding carboxylic acids is 1. The molecule has 0 aliphatic carbocycles. The molecule has 132 valence electrons. The van der Waals surface area contributed by atoms with Gasteiger partial charge in [-0.25, -0.2) is 0 Å². The molecule has 0 aromatic carbocycles. The first kappa shape index (κ1) is 21.5. The summed E-state index contributed by atoms with van der Waals surface area (Å²) in [5, 5.41) is 0. The molecule has 2 heteroatoms. The number of hydrogen-bond acceptors (Lipinski definition) is 2. The summed E-state index contributed by atoms with van der Waals surface area (Å²) < 4.78 is 5.25. The van der Waals surface area contributed by atoms with Gasteiger partial charge in [0.15, 0.2) is 0 Å². The topological polar surface area (TPSA) is 26.3 Å². The van der Waals surface area contributed by atoms with Gasteiger partial charge in [-0.15, -0.1) is 0 Å². The Balaban J connectivity index is 4.47. The van der Waals surface area contributed by atoms with Crippen molar-refractivity contribution >= 4 is 5.97 Å². The van der Waals surface area contributed by atoms with Crippen molar-refractivity contribution in [2.75, 3.05) is 6.61 Å². The first-order valence-corrected chi connectivity index (χ1v) is 9.85. The van der Waals surface area contributed by atoms with Crippen LogP contribution in [0.5, 0.6) is 0 Å². The highest BCUT2D eigenvalue weighted by Gasteiger charge is 2.21. The molecule has 0 N–H and O–H groups in total. The third kappa shape index (κ3) is 11.1. The van der Waals surface area contributed by atoms with Crippen molar-refractivity contribution in [3.63, 3.8) is 0 Å². The Morgan fingerprint density at radius 3 is 1.59 bits per heavy atom. The van der Waals surface area contributed by atoms with E-state index in [1.807, 2.05) is 6.92 Å². The SMILES string of the molecule is CCCCC(CCCC)C(CCCC)CCC(=O)OCCC. The number of unbranched alkanes of at least 4 members (excludes halogenated alkanes) is 3. The van der Waals surface area contributed by atoms with E-state index in [-0.39, 0.29) is 5.97 Å². The molecule has 0 heterocycles. The van der Waals surface area contributed by atoms with Crippen LogP contribution in [0.3, 0.4) is 0 Å². The van der Waals surface area contributed by atoms with Crippen molar-refractivity contribution in [2.45, 2.75) is 105 Å². The highest BCUT2D eigenvalue weighted by molar-refractivity contribution is 5.69. The molecule has 0 aromatic rings. The third-order valence-electron chi connectivity index (χ3n) is 4.64. The van der Waals surface area contributed by atoms with Gasteiger partial charge in [-0.3, -0.25) is 4.79 Å². The Morgan fingerprint density at radius 1 is 0.727 bits per heavy atom. The molecule has 2 nitrogen and oxygen atoms in total. The van der Waals surface area contributed by atoms with E-state index in [9.17, 15) is 4.79 Å². The minimum Gasteiger partial charge on any atom is -0.466 e. The van der Waals surface area contributed by atoms with Gasteiger partial charge in [-0.05, 0) is 24.7 Å². The van der Waals surface area contributed by atoms with Gasteiger partial charge in [0.2, 0.25) is 0 Å². The van der Waals surface area contributed by atoms with Crippen molar-refractivity contribution in [1.29, 1.82) is 0 Å². The molecule has 0 fully saturated rings. The molecule has 0 spiro atoms. The van der Waals surface area contributed by atoms with Crippen molar-refractivity contribution < 1.29 is 9.53 Å². The summed E-state index contributed by atoms with van der Waals surface area (Å²) in [6.45, 7) is 9.44. The Labute approximate surface area is 139 Å². The zero-order valence-corrected chi connectivity index (χ0v) is 15.7. The van der Waals surface area contributed by atoms with E-state index in [1.165, 1.54) is 57.8 Å². The Kier molecular flexibility index (Phi) is 15.0. The van der Waals surface area contributed by atoms with Crippen molar-refractivity contribution in [2.24, 2.45) is 11.8 Å². The largest absolute Gasteiger partial charge is 0.466 e. The Morgan fingerprint density at radius 2 is 1.18 bits per heavy atom. The second kappa shape index (κ2) is 15.4. The first-order valence-electron chi connectivity index (χ1n) is 9.85. The highest BCUT2D eigenvalue weighted by atomic mass is 16.5. The molecular weight excluding hydrogens is 272 g/mol. The zero-order chi connectivity index (χ0) is 16.6. The van der Waals surface area contributed by atoms with Crippen LogP contribution in [0.15, 0.2) is 0 Å². The summed E-state index contributed by atoms with van der Waals surface area (Å²) in [6, 6.07) is 0. The minimum absolute atomic E-state index is 0.00748. The maximum atomic E-state index is 11.8. The van der Waals surface area contributed by atoms with Gasteiger partial charge in [0, 0.05) is 6.42 Å². The average molecular weight is 313 g/mol. The molecule has 0 radical (unpaired) electrons. The van der Waals surface area contributed by atoms with E-state index in [0.717, 1.165) is 18.8 Å². The lowest BCUT2D eigenvalue weighted by Crippen LogP contribution is -2.18. The molecule has 0 aliphatic rings. The minimum atomic E-state index is 0.00748. The molecule has 0 rings (SSSR count). The number of esters is 1. The van der Waals surface area contributed by atoms with Crippen molar-refractivity contribution in [3.8, 4) is 0 Å². The van der Waals surface area contributed by atoms with Crippen LogP contribution >= 0.6 is 0 Å². The predicted molar refractivity (Wildman–Crippen MR) is 96.0 cm³/mol. The van der Waals surface area contributed by atoms with Crippen LogP contribution in [0, 0.1) is 11.8 Å². The Bertz CT molecular complexity index is 242. The zero-order valence-electron chi connectivity index (χ0n) is 15.7. The fourth-order valence-corrected chi connectivity index (χ4v) is 3.22. The number of hydrogen-bond donors (Lipinski definition) is 0. The van der Waals surface area contributed by atoms with Crippen LogP contribution < -0.4 is 0 Å². The lowest BCUT2D eigenvalue weighted by Gasteiger charge is -2.27. The maximum absolute atomic E-state index is 11.8. The lowest BCUT2D eigenvalue weighted by atomic mass is 9.79. The molecule has 0 saturated heterocycles. The third-order valence-corrected chi connectivity index (χ3v) is 4.64. The molecule has 22 heavy (non-hydrogen) atoms. The average Bonchev–Trinajstić information content (AvgIpc) is 2.53. The van der Waals surface area contributed by atoms with Gasteiger partial charge in [0.25, 0.3) is 0 Å². The normalized spacial score (nSPS) is 12.6. The molecule has 1 atom stereocenters. The van der Waals surface area contributed by atoms with E-state index in [4.69, 9.17) is 4.74 Å². The van der Waals surface area contributed by atoms with Gasteiger partial charge in [0.05, 0.1) is 6.61 Å². The van der Waals surface area contributed by atoms with E-state index >= 15 is 0 Å².